The summed E-state index contributed by atoms with van der Waals surface area (Å²) >= 11 is 0. The first kappa shape index (κ1) is 18.0. The van der Waals surface area contributed by atoms with Crippen LogP contribution in [0.2, 0.25) is 0 Å². The second kappa shape index (κ2) is 8.04. The van der Waals surface area contributed by atoms with Gasteiger partial charge in [0.1, 0.15) is 0 Å². The van der Waals surface area contributed by atoms with Crippen LogP contribution < -0.4 is 10.6 Å². The number of likely N-dealkylation sites (tertiary alicyclic amines) is 1. The van der Waals surface area contributed by atoms with Crippen molar-refractivity contribution in [3.05, 3.63) is 66.2 Å². The number of carbonyl (C=O) groups excluding carboxylic acids is 2. The summed E-state index contributed by atoms with van der Waals surface area (Å²) in [6.07, 6.45) is 1.60. The number of rotatable bonds is 4. The molecule has 1 heterocycles. The molecule has 0 aromatic heterocycles. The van der Waals surface area contributed by atoms with Gasteiger partial charge in [0, 0.05) is 25.3 Å². The van der Waals surface area contributed by atoms with E-state index in [-0.39, 0.29) is 11.9 Å². The first-order valence-electron chi connectivity index (χ1n) is 9.00. The maximum atomic E-state index is 12.8. The van der Waals surface area contributed by atoms with E-state index in [9.17, 15) is 9.59 Å². The second-order valence-electron chi connectivity index (χ2n) is 7.05. The molecule has 5 nitrogen and oxygen atoms in total. The molecule has 5 heteroatoms. The molecule has 0 radical (unpaired) electrons. The molecule has 2 aromatic carbocycles. The van der Waals surface area contributed by atoms with Crippen molar-refractivity contribution in [2.24, 2.45) is 5.41 Å². The average Bonchev–Trinajstić information content (AvgIpc) is 2.67. The Labute approximate surface area is 154 Å². The number of hydrogen-bond donors (Lipinski definition) is 2. The van der Waals surface area contributed by atoms with E-state index in [0.29, 0.717) is 19.6 Å². The van der Waals surface area contributed by atoms with E-state index in [0.717, 1.165) is 24.1 Å². The number of piperidine rings is 1. The molecule has 26 heavy (non-hydrogen) atoms. The van der Waals surface area contributed by atoms with Gasteiger partial charge in [-0.1, -0.05) is 48.5 Å². The van der Waals surface area contributed by atoms with Gasteiger partial charge in [-0.3, -0.25) is 4.79 Å². The van der Waals surface area contributed by atoms with Crippen molar-refractivity contribution in [2.45, 2.75) is 26.3 Å². The lowest BCUT2D eigenvalue weighted by Gasteiger charge is -2.39. The van der Waals surface area contributed by atoms with Crippen molar-refractivity contribution in [1.82, 2.24) is 10.2 Å². The fraction of sp³-hybridized carbons (Fsp3) is 0.333. The number of nitrogens with zero attached hydrogens (tertiary/aromatic N) is 1. The monoisotopic (exact) mass is 351 g/mol. The zero-order chi connectivity index (χ0) is 18.4. The first-order valence-corrected chi connectivity index (χ1v) is 9.00. The molecule has 0 aliphatic carbocycles. The Bertz CT molecular complexity index is 748. The van der Waals surface area contributed by atoms with Gasteiger partial charge in [0.25, 0.3) is 0 Å². The predicted molar refractivity (Wildman–Crippen MR) is 103 cm³/mol. The van der Waals surface area contributed by atoms with Crippen molar-refractivity contribution in [3.8, 4) is 0 Å². The largest absolute Gasteiger partial charge is 0.351 e. The van der Waals surface area contributed by atoms with Gasteiger partial charge in [0.15, 0.2) is 0 Å². The molecule has 1 saturated heterocycles. The van der Waals surface area contributed by atoms with Crippen LogP contribution in [0, 0.1) is 5.41 Å². The molecule has 2 N–H and O–H groups in total. The van der Waals surface area contributed by atoms with Crippen molar-refractivity contribution >= 4 is 17.6 Å². The van der Waals surface area contributed by atoms with Crippen LogP contribution in [0.3, 0.4) is 0 Å². The van der Waals surface area contributed by atoms with E-state index in [1.165, 1.54) is 0 Å². The lowest BCUT2D eigenvalue weighted by Crippen LogP contribution is -2.52. The fourth-order valence-corrected chi connectivity index (χ4v) is 3.31. The molecule has 3 rings (SSSR count). The van der Waals surface area contributed by atoms with E-state index in [4.69, 9.17) is 0 Å². The van der Waals surface area contributed by atoms with Gasteiger partial charge in [0.2, 0.25) is 5.91 Å². The van der Waals surface area contributed by atoms with E-state index in [1.807, 2.05) is 67.6 Å². The number of amides is 3. The summed E-state index contributed by atoms with van der Waals surface area (Å²) in [6, 6.07) is 19.1. The van der Waals surface area contributed by atoms with E-state index >= 15 is 0 Å². The van der Waals surface area contributed by atoms with Crippen LogP contribution in [-0.4, -0.2) is 29.9 Å². The zero-order valence-corrected chi connectivity index (χ0v) is 15.1. The summed E-state index contributed by atoms with van der Waals surface area (Å²) < 4.78 is 0. The maximum Gasteiger partial charge on any atom is 0.321 e. The van der Waals surface area contributed by atoms with Crippen LogP contribution in [0.5, 0.6) is 0 Å². The molecule has 0 bridgehead atoms. The molecule has 3 amide bonds. The van der Waals surface area contributed by atoms with Gasteiger partial charge in [-0.15, -0.1) is 0 Å². The lowest BCUT2D eigenvalue weighted by atomic mass is 9.81. The Morgan fingerprint density at radius 1 is 1.04 bits per heavy atom. The van der Waals surface area contributed by atoms with E-state index < -0.39 is 5.41 Å². The Morgan fingerprint density at radius 3 is 2.38 bits per heavy atom. The highest BCUT2D eigenvalue weighted by molar-refractivity contribution is 5.90. The topological polar surface area (TPSA) is 61.4 Å². The number of urea groups is 1. The Morgan fingerprint density at radius 2 is 1.69 bits per heavy atom. The SMILES string of the molecule is C[C@]1(C(=O)NCc2ccccc2)CCCN(C(=O)Nc2ccccc2)C1. The van der Waals surface area contributed by atoms with Crippen molar-refractivity contribution in [2.75, 3.05) is 18.4 Å². The van der Waals surface area contributed by atoms with Gasteiger partial charge in [-0.25, -0.2) is 4.79 Å². The molecule has 0 spiro atoms. The minimum absolute atomic E-state index is 0.00133. The van der Waals surface area contributed by atoms with Crippen LogP contribution in [0.4, 0.5) is 10.5 Å². The standard InChI is InChI=1S/C21H25N3O2/c1-21(19(25)22-15-17-9-4-2-5-10-17)13-8-14-24(16-21)20(26)23-18-11-6-3-7-12-18/h2-7,9-12H,8,13-16H2,1H3,(H,22,25)(H,23,26)/t21-/m0/s1. The summed E-state index contributed by atoms with van der Waals surface area (Å²) in [4.78, 5) is 27.0. The number of hydrogen-bond acceptors (Lipinski definition) is 2. The Balaban J connectivity index is 1.58. The van der Waals surface area contributed by atoms with Crippen LogP contribution in [0.15, 0.2) is 60.7 Å². The lowest BCUT2D eigenvalue weighted by molar-refractivity contribution is -0.132. The molecule has 0 saturated carbocycles. The Hall–Kier alpha value is -2.82. The van der Waals surface area contributed by atoms with Gasteiger partial charge >= 0.3 is 6.03 Å². The molecule has 136 valence electrons. The van der Waals surface area contributed by atoms with Crippen molar-refractivity contribution < 1.29 is 9.59 Å². The highest BCUT2D eigenvalue weighted by Gasteiger charge is 2.39. The summed E-state index contributed by atoms with van der Waals surface area (Å²) in [5.74, 6) is -0.00133. The predicted octanol–water partition coefficient (Wildman–Crippen LogP) is 3.64. The molecule has 1 aliphatic heterocycles. The molecule has 2 aromatic rings. The minimum atomic E-state index is -0.568. The smallest absolute Gasteiger partial charge is 0.321 e. The summed E-state index contributed by atoms with van der Waals surface area (Å²) in [5, 5.41) is 5.92. The summed E-state index contributed by atoms with van der Waals surface area (Å²) in [7, 11) is 0. The quantitative estimate of drug-likeness (QED) is 0.883. The number of carbonyl (C=O) groups is 2. The Kier molecular flexibility index (Phi) is 5.56. The van der Waals surface area contributed by atoms with E-state index in [1.54, 1.807) is 4.90 Å². The molecule has 1 aliphatic rings. The first-order chi connectivity index (χ1) is 12.6. The molecule has 1 atom stereocenters. The normalized spacial score (nSPS) is 19.7. The summed E-state index contributed by atoms with van der Waals surface area (Å²) in [6.45, 7) is 3.53. The molecule has 1 fully saturated rings. The number of anilines is 1. The third-order valence-electron chi connectivity index (χ3n) is 4.85. The van der Waals surface area contributed by atoms with Gasteiger partial charge < -0.3 is 15.5 Å². The maximum absolute atomic E-state index is 12.8. The van der Waals surface area contributed by atoms with Gasteiger partial charge in [0.05, 0.1) is 5.41 Å². The zero-order valence-electron chi connectivity index (χ0n) is 15.1. The minimum Gasteiger partial charge on any atom is -0.351 e. The van der Waals surface area contributed by atoms with E-state index in [2.05, 4.69) is 10.6 Å². The average molecular weight is 351 g/mol. The van der Waals surface area contributed by atoms with Crippen LogP contribution in [0.25, 0.3) is 0 Å². The van der Waals surface area contributed by atoms with Crippen molar-refractivity contribution in [1.29, 1.82) is 0 Å². The van der Waals surface area contributed by atoms with Crippen molar-refractivity contribution in [3.63, 3.8) is 0 Å². The van der Waals surface area contributed by atoms with Crippen LogP contribution in [-0.2, 0) is 11.3 Å². The number of para-hydroxylation sites is 1. The molecular weight excluding hydrogens is 326 g/mol. The van der Waals surface area contributed by atoms with Crippen LogP contribution >= 0.6 is 0 Å². The van der Waals surface area contributed by atoms with Gasteiger partial charge in [-0.05, 0) is 37.5 Å². The molecule has 0 unspecified atom stereocenters. The fourth-order valence-electron chi connectivity index (χ4n) is 3.31. The highest BCUT2D eigenvalue weighted by Crippen LogP contribution is 2.30. The van der Waals surface area contributed by atoms with Crippen LogP contribution in [0.1, 0.15) is 25.3 Å². The second-order valence-corrected chi connectivity index (χ2v) is 7.05. The number of benzene rings is 2. The highest BCUT2D eigenvalue weighted by atomic mass is 16.2. The molecular formula is C21H25N3O2. The number of nitrogens with one attached hydrogen (secondary N) is 2. The third-order valence-corrected chi connectivity index (χ3v) is 4.85. The van der Waals surface area contributed by atoms with Gasteiger partial charge in [-0.2, -0.15) is 0 Å². The summed E-state index contributed by atoms with van der Waals surface area (Å²) in [5.41, 5.74) is 1.26. The third kappa shape index (κ3) is 4.42.